The molecule has 2 N–H and O–H groups in total. The van der Waals surface area contributed by atoms with Gasteiger partial charge in [0.25, 0.3) is 0 Å². The van der Waals surface area contributed by atoms with Crippen LogP contribution in [0.3, 0.4) is 0 Å². The Balaban J connectivity index is 1.24. The van der Waals surface area contributed by atoms with Crippen molar-refractivity contribution in [3.63, 3.8) is 0 Å². The fourth-order valence-corrected chi connectivity index (χ4v) is 4.54. The largest absolute Gasteiger partial charge is 0.457 e. The van der Waals surface area contributed by atoms with E-state index < -0.39 is 0 Å². The standard InChI is InChI=1S/C23H29N3O2/c1-2-17-16-26-13-12-18(17)14-20(26)15-24-23(27)25-19-8-10-22(11-9-19)28-21-6-4-3-5-7-21/h3-11,17-18,20H,2,12-16H2,1H3,(H2,24,25,27)/t17-,18-,20+/m0/s1. The number of rotatable bonds is 6. The first-order valence-electron chi connectivity index (χ1n) is 10.3. The van der Waals surface area contributed by atoms with Crippen molar-refractivity contribution in [1.29, 1.82) is 0 Å². The Kier molecular flexibility index (Phi) is 5.81. The quantitative estimate of drug-likeness (QED) is 0.763. The van der Waals surface area contributed by atoms with Gasteiger partial charge in [-0.25, -0.2) is 4.79 Å². The number of carbonyl (C=O) groups is 1. The molecule has 0 aromatic heterocycles. The summed E-state index contributed by atoms with van der Waals surface area (Å²) in [5.41, 5.74) is 0.759. The first-order valence-corrected chi connectivity index (χ1v) is 10.3. The van der Waals surface area contributed by atoms with Crippen LogP contribution in [0.25, 0.3) is 0 Å². The number of hydrogen-bond acceptors (Lipinski definition) is 3. The van der Waals surface area contributed by atoms with E-state index in [1.165, 1.54) is 32.4 Å². The maximum Gasteiger partial charge on any atom is 0.319 e. The average molecular weight is 380 g/mol. The summed E-state index contributed by atoms with van der Waals surface area (Å²) in [5, 5.41) is 5.96. The number of benzene rings is 2. The summed E-state index contributed by atoms with van der Waals surface area (Å²) in [6.45, 7) is 5.38. The van der Waals surface area contributed by atoms with Gasteiger partial charge in [0, 0.05) is 24.8 Å². The van der Waals surface area contributed by atoms with Crippen molar-refractivity contribution >= 4 is 11.7 Å². The molecule has 3 heterocycles. The van der Waals surface area contributed by atoms with E-state index in [4.69, 9.17) is 4.74 Å². The summed E-state index contributed by atoms with van der Waals surface area (Å²) in [7, 11) is 0. The van der Waals surface area contributed by atoms with E-state index in [0.717, 1.165) is 29.0 Å². The van der Waals surface area contributed by atoms with Gasteiger partial charge < -0.3 is 15.4 Å². The van der Waals surface area contributed by atoms with Gasteiger partial charge in [-0.15, -0.1) is 0 Å². The molecule has 148 valence electrons. The lowest BCUT2D eigenvalue weighted by Gasteiger charge is -2.49. The molecule has 0 aliphatic carbocycles. The molecule has 5 rings (SSSR count). The van der Waals surface area contributed by atoms with Gasteiger partial charge in [0.05, 0.1) is 0 Å². The molecule has 5 nitrogen and oxygen atoms in total. The molecule has 5 heteroatoms. The Labute approximate surface area is 167 Å². The molecular weight excluding hydrogens is 350 g/mol. The van der Waals surface area contributed by atoms with Crippen LogP contribution in [-0.4, -0.2) is 36.6 Å². The lowest BCUT2D eigenvalue weighted by molar-refractivity contribution is 0.00159. The first kappa shape index (κ1) is 18.8. The van der Waals surface area contributed by atoms with Crippen molar-refractivity contribution in [2.75, 3.05) is 25.0 Å². The van der Waals surface area contributed by atoms with Crippen LogP contribution in [0, 0.1) is 11.8 Å². The third-order valence-corrected chi connectivity index (χ3v) is 6.13. The molecule has 3 aliphatic rings. The van der Waals surface area contributed by atoms with Gasteiger partial charge in [-0.2, -0.15) is 0 Å². The lowest BCUT2D eigenvalue weighted by Crippen LogP contribution is -2.56. The van der Waals surface area contributed by atoms with E-state index >= 15 is 0 Å². The minimum Gasteiger partial charge on any atom is -0.457 e. The first-order chi connectivity index (χ1) is 13.7. The summed E-state index contributed by atoms with van der Waals surface area (Å²) in [4.78, 5) is 14.8. The SMILES string of the molecule is CC[C@H]1CN2CC[C@H]1C[C@@H]2CNC(=O)Nc1ccc(Oc2ccccc2)cc1. The normalized spacial score (nSPS) is 25.9. The highest BCUT2D eigenvalue weighted by molar-refractivity contribution is 5.89. The molecule has 1 unspecified atom stereocenters. The number of anilines is 1. The van der Waals surface area contributed by atoms with Gasteiger partial charge in [-0.1, -0.05) is 31.5 Å². The molecule has 4 atom stereocenters. The maximum atomic E-state index is 12.3. The number of fused-ring (bicyclic) bond motifs is 3. The van der Waals surface area contributed by atoms with Crippen LogP contribution in [-0.2, 0) is 0 Å². The second-order valence-electron chi connectivity index (χ2n) is 7.88. The van der Waals surface area contributed by atoms with Crippen molar-refractivity contribution in [3.05, 3.63) is 54.6 Å². The van der Waals surface area contributed by atoms with E-state index in [1.54, 1.807) is 0 Å². The minimum absolute atomic E-state index is 0.147. The second kappa shape index (κ2) is 8.65. The topological polar surface area (TPSA) is 53.6 Å². The van der Waals surface area contributed by atoms with Crippen LogP contribution >= 0.6 is 0 Å². The van der Waals surface area contributed by atoms with E-state index in [2.05, 4.69) is 22.5 Å². The van der Waals surface area contributed by atoms with Gasteiger partial charge in [0.15, 0.2) is 0 Å². The number of ether oxygens (including phenoxy) is 1. The number of nitrogens with one attached hydrogen (secondary N) is 2. The third-order valence-electron chi connectivity index (χ3n) is 6.13. The van der Waals surface area contributed by atoms with Gasteiger partial charge in [0.2, 0.25) is 0 Å². The zero-order chi connectivity index (χ0) is 19.3. The Hall–Kier alpha value is -2.53. The third kappa shape index (κ3) is 4.47. The predicted octanol–water partition coefficient (Wildman–Crippen LogP) is 4.72. The molecule has 0 spiro atoms. The Bertz CT molecular complexity index is 778. The monoisotopic (exact) mass is 379 g/mol. The maximum absolute atomic E-state index is 12.3. The Morgan fingerprint density at radius 3 is 2.54 bits per heavy atom. The second-order valence-corrected chi connectivity index (χ2v) is 7.88. The number of urea groups is 1. The zero-order valence-electron chi connectivity index (χ0n) is 16.4. The number of amides is 2. The summed E-state index contributed by atoms with van der Waals surface area (Å²) in [6.07, 6.45) is 3.80. The van der Waals surface area contributed by atoms with E-state index in [1.807, 2.05) is 54.6 Å². The predicted molar refractivity (Wildman–Crippen MR) is 112 cm³/mol. The molecule has 0 saturated carbocycles. The van der Waals surface area contributed by atoms with Gasteiger partial charge >= 0.3 is 6.03 Å². The number of nitrogens with zero attached hydrogens (tertiary/aromatic N) is 1. The molecule has 2 aromatic rings. The van der Waals surface area contributed by atoms with Crippen molar-refractivity contribution in [2.24, 2.45) is 11.8 Å². The molecule has 2 bridgehead atoms. The molecule has 3 saturated heterocycles. The summed E-state index contributed by atoms with van der Waals surface area (Å²) in [5.74, 6) is 3.22. The highest BCUT2D eigenvalue weighted by Crippen LogP contribution is 2.37. The molecule has 2 amide bonds. The van der Waals surface area contributed by atoms with Crippen LogP contribution in [0.1, 0.15) is 26.2 Å². The van der Waals surface area contributed by atoms with Crippen molar-refractivity contribution in [1.82, 2.24) is 10.2 Å². The number of carbonyl (C=O) groups excluding carboxylic acids is 1. The number of hydrogen-bond donors (Lipinski definition) is 2. The van der Waals surface area contributed by atoms with Gasteiger partial charge in [0.1, 0.15) is 11.5 Å². The number of piperidine rings is 3. The molecule has 28 heavy (non-hydrogen) atoms. The van der Waals surface area contributed by atoms with E-state index in [0.29, 0.717) is 12.6 Å². The minimum atomic E-state index is -0.147. The van der Waals surface area contributed by atoms with Crippen molar-refractivity contribution in [2.45, 2.75) is 32.2 Å². The summed E-state index contributed by atoms with van der Waals surface area (Å²) < 4.78 is 5.78. The van der Waals surface area contributed by atoms with Crippen molar-refractivity contribution in [3.8, 4) is 11.5 Å². The molecule has 3 fully saturated rings. The zero-order valence-corrected chi connectivity index (χ0v) is 16.4. The van der Waals surface area contributed by atoms with Crippen LogP contribution in [0.4, 0.5) is 10.5 Å². The lowest BCUT2D eigenvalue weighted by atomic mass is 9.74. The van der Waals surface area contributed by atoms with Gasteiger partial charge in [-0.05, 0) is 67.6 Å². The number of para-hydroxylation sites is 1. The molecule has 0 radical (unpaired) electrons. The summed E-state index contributed by atoms with van der Waals surface area (Å²) >= 11 is 0. The summed E-state index contributed by atoms with van der Waals surface area (Å²) in [6, 6.07) is 17.4. The van der Waals surface area contributed by atoms with Crippen LogP contribution in [0.5, 0.6) is 11.5 Å². The fraction of sp³-hybridized carbons (Fsp3) is 0.435. The fourth-order valence-electron chi connectivity index (χ4n) is 4.54. The van der Waals surface area contributed by atoms with Crippen LogP contribution in [0.2, 0.25) is 0 Å². The molecular formula is C23H29N3O2. The molecule has 2 aromatic carbocycles. The highest BCUT2D eigenvalue weighted by atomic mass is 16.5. The Morgan fingerprint density at radius 2 is 1.86 bits per heavy atom. The smallest absolute Gasteiger partial charge is 0.319 e. The molecule has 3 aliphatic heterocycles. The van der Waals surface area contributed by atoms with Crippen molar-refractivity contribution < 1.29 is 9.53 Å². The van der Waals surface area contributed by atoms with Crippen LogP contribution < -0.4 is 15.4 Å². The van der Waals surface area contributed by atoms with Crippen LogP contribution in [0.15, 0.2) is 54.6 Å². The Morgan fingerprint density at radius 1 is 1.11 bits per heavy atom. The van der Waals surface area contributed by atoms with Gasteiger partial charge in [-0.3, -0.25) is 4.90 Å². The average Bonchev–Trinajstić information content (AvgIpc) is 2.75. The highest BCUT2D eigenvalue weighted by Gasteiger charge is 2.38. The van der Waals surface area contributed by atoms with E-state index in [-0.39, 0.29) is 6.03 Å². The van der Waals surface area contributed by atoms with E-state index in [9.17, 15) is 4.79 Å².